The highest BCUT2D eigenvalue weighted by Crippen LogP contribution is 2.32. The normalized spacial score (nSPS) is 22.3. The fourth-order valence-corrected chi connectivity index (χ4v) is 3.87. The van der Waals surface area contributed by atoms with E-state index in [1.54, 1.807) is 18.2 Å². The molecular weight excluding hydrogens is 362 g/mol. The van der Waals surface area contributed by atoms with E-state index in [9.17, 15) is 24.0 Å². The second-order valence-electron chi connectivity index (χ2n) is 7.13. The van der Waals surface area contributed by atoms with Gasteiger partial charge in [-0.1, -0.05) is 6.07 Å². The van der Waals surface area contributed by atoms with Crippen LogP contribution in [0.1, 0.15) is 48.0 Å². The SMILES string of the molecule is O=C1CCC(N2Cc3c(NC=C4C(=O)CCCC4=O)cccc3C2=O)C(=O)N1. The average molecular weight is 381 g/mol. The summed E-state index contributed by atoms with van der Waals surface area (Å²) in [6.45, 7) is 0.217. The molecule has 28 heavy (non-hydrogen) atoms. The first-order chi connectivity index (χ1) is 13.5. The average Bonchev–Trinajstić information content (AvgIpc) is 2.99. The predicted molar refractivity (Wildman–Crippen MR) is 98.1 cm³/mol. The molecule has 0 spiro atoms. The van der Waals surface area contributed by atoms with Gasteiger partial charge in [0.2, 0.25) is 11.8 Å². The van der Waals surface area contributed by atoms with E-state index in [1.807, 2.05) is 0 Å². The number of rotatable bonds is 3. The van der Waals surface area contributed by atoms with Crippen LogP contribution in [-0.4, -0.2) is 40.2 Å². The van der Waals surface area contributed by atoms with E-state index in [4.69, 9.17) is 0 Å². The van der Waals surface area contributed by atoms with Crippen LogP contribution < -0.4 is 10.6 Å². The van der Waals surface area contributed by atoms with Gasteiger partial charge in [0.1, 0.15) is 6.04 Å². The first-order valence-electron chi connectivity index (χ1n) is 9.25. The molecule has 2 N–H and O–H groups in total. The van der Waals surface area contributed by atoms with Crippen molar-refractivity contribution in [1.82, 2.24) is 10.2 Å². The number of nitrogens with one attached hydrogen (secondary N) is 2. The molecule has 0 aromatic heterocycles. The Labute approximate surface area is 161 Å². The molecule has 4 rings (SSSR count). The van der Waals surface area contributed by atoms with Crippen LogP contribution in [0, 0.1) is 0 Å². The van der Waals surface area contributed by atoms with Crippen LogP contribution >= 0.6 is 0 Å². The van der Waals surface area contributed by atoms with E-state index < -0.39 is 11.9 Å². The van der Waals surface area contributed by atoms with Crippen molar-refractivity contribution < 1.29 is 24.0 Å². The highest BCUT2D eigenvalue weighted by Gasteiger charge is 2.39. The molecule has 1 unspecified atom stereocenters. The van der Waals surface area contributed by atoms with Crippen molar-refractivity contribution in [2.75, 3.05) is 5.32 Å². The van der Waals surface area contributed by atoms with Crippen molar-refractivity contribution in [1.29, 1.82) is 0 Å². The number of hydrogen-bond acceptors (Lipinski definition) is 6. The summed E-state index contributed by atoms with van der Waals surface area (Å²) >= 11 is 0. The molecule has 1 aromatic carbocycles. The Morgan fingerprint density at radius 2 is 1.79 bits per heavy atom. The lowest BCUT2D eigenvalue weighted by Crippen LogP contribution is -2.52. The van der Waals surface area contributed by atoms with Crippen molar-refractivity contribution in [3.8, 4) is 0 Å². The fourth-order valence-electron chi connectivity index (χ4n) is 3.87. The number of carbonyl (C=O) groups is 5. The smallest absolute Gasteiger partial charge is 0.255 e. The highest BCUT2D eigenvalue weighted by molar-refractivity contribution is 6.21. The van der Waals surface area contributed by atoms with Crippen molar-refractivity contribution in [2.24, 2.45) is 0 Å². The number of anilines is 1. The van der Waals surface area contributed by atoms with Crippen molar-refractivity contribution in [2.45, 2.75) is 44.7 Å². The predicted octanol–water partition coefficient (Wildman–Crippen LogP) is 1.07. The largest absolute Gasteiger partial charge is 0.361 e. The third-order valence-electron chi connectivity index (χ3n) is 5.36. The van der Waals surface area contributed by atoms with Crippen LogP contribution in [0.3, 0.4) is 0 Å². The Hall–Kier alpha value is -3.29. The van der Waals surface area contributed by atoms with Gasteiger partial charge in [0.25, 0.3) is 5.91 Å². The van der Waals surface area contributed by atoms with Crippen LogP contribution in [0.25, 0.3) is 0 Å². The lowest BCUT2D eigenvalue weighted by molar-refractivity contribution is -0.137. The van der Waals surface area contributed by atoms with Crippen LogP contribution in [0.2, 0.25) is 0 Å². The number of Topliss-reactive ketones (excluding diaryl/α,β-unsaturated/α-hetero) is 2. The third kappa shape index (κ3) is 3.11. The Balaban J connectivity index is 1.58. The Morgan fingerprint density at radius 1 is 1.04 bits per heavy atom. The summed E-state index contributed by atoms with van der Waals surface area (Å²) in [6.07, 6.45) is 3.18. The van der Waals surface area contributed by atoms with E-state index in [2.05, 4.69) is 10.6 Å². The maximum absolute atomic E-state index is 12.8. The maximum Gasteiger partial charge on any atom is 0.255 e. The number of hydrogen-bond donors (Lipinski definition) is 2. The van der Waals surface area contributed by atoms with Gasteiger partial charge in [-0.15, -0.1) is 0 Å². The molecule has 1 aliphatic carbocycles. The van der Waals surface area contributed by atoms with E-state index in [0.29, 0.717) is 42.5 Å². The first kappa shape index (κ1) is 18.1. The molecule has 3 amide bonds. The second-order valence-corrected chi connectivity index (χ2v) is 7.13. The van der Waals surface area contributed by atoms with Crippen molar-refractivity contribution in [3.63, 3.8) is 0 Å². The number of ketones is 2. The minimum atomic E-state index is -0.690. The van der Waals surface area contributed by atoms with Gasteiger partial charge in [-0.05, 0) is 25.0 Å². The van der Waals surface area contributed by atoms with E-state index in [0.717, 1.165) is 0 Å². The minimum Gasteiger partial charge on any atom is -0.361 e. The quantitative estimate of drug-likeness (QED) is 0.460. The molecule has 0 bridgehead atoms. The topological polar surface area (TPSA) is 113 Å². The molecule has 8 heteroatoms. The number of benzene rings is 1. The zero-order valence-corrected chi connectivity index (χ0v) is 15.1. The second kappa shape index (κ2) is 7.03. The van der Waals surface area contributed by atoms with Gasteiger partial charge in [0.05, 0.1) is 5.57 Å². The van der Waals surface area contributed by atoms with Crippen LogP contribution in [0.15, 0.2) is 30.0 Å². The lowest BCUT2D eigenvalue weighted by atomic mass is 9.93. The van der Waals surface area contributed by atoms with E-state index in [-0.39, 0.29) is 41.9 Å². The van der Waals surface area contributed by atoms with Gasteiger partial charge >= 0.3 is 0 Å². The molecule has 2 aliphatic heterocycles. The summed E-state index contributed by atoms with van der Waals surface area (Å²) in [7, 11) is 0. The molecule has 1 aromatic rings. The monoisotopic (exact) mass is 381 g/mol. The molecule has 2 heterocycles. The Morgan fingerprint density at radius 3 is 2.50 bits per heavy atom. The van der Waals surface area contributed by atoms with Crippen LogP contribution in [0.4, 0.5) is 5.69 Å². The standard InChI is InChI=1S/C20H19N3O5/c24-16-5-2-6-17(25)12(16)9-21-14-4-1-3-11-13(14)10-23(20(11)28)15-7-8-18(26)22-19(15)27/h1,3-4,9,15,21H,2,5-8,10H2,(H,22,26,27). The summed E-state index contributed by atoms with van der Waals surface area (Å²) in [4.78, 5) is 61.7. The van der Waals surface area contributed by atoms with Crippen LogP contribution in [0.5, 0.6) is 0 Å². The van der Waals surface area contributed by atoms with Gasteiger partial charge in [0.15, 0.2) is 11.6 Å². The molecular formula is C20H19N3O5. The van der Waals surface area contributed by atoms with Crippen molar-refractivity contribution >= 4 is 35.0 Å². The summed E-state index contributed by atoms with van der Waals surface area (Å²) in [5.74, 6) is -1.44. The highest BCUT2D eigenvalue weighted by atomic mass is 16.2. The van der Waals surface area contributed by atoms with E-state index >= 15 is 0 Å². The summed E-state index contributed by atoms with van der Waals surface area (Å²) in [6, 6.07) is 4.45. The number of allylic oxidation sites excluding steroid dienone is 1. The molecule has 3 aliphatic rings. The maximum atomic E-state index is 12.8. The molecule has 1 atom stereocenters. The van der Waals surface area contributed by atoms with E-state index in [1.165, 1.54) is 11.1 Å². The number of nitrogens with zero attached hydrogens (tertiary/aromatic N) is 1. The molecule has 1 saturated carbocycles. The number of piperidine rings is 1. The molecule has 2 fully saturated rings. The zero-order valence-electron chi connectivity index (χ0n) is 15.1. The first-order valence-corrected chi connectivity index (χ1v) is 9.25. The summed E-state index contributed by atoms with van der Waals surface area (Å²) < 4.78 is 0. The van der Waals surface area contributed by atoms with Gasteiger partial charge in [0, 0.05) is 48.8 Å². The molecule has 8 nitrogen and oxygen atoms in total. The zero-order chi connectivity index (χ0) is 19.8. The Kier molecular flexibility index (Phi) is 4.54. The van der Waals surface area contributed by atoms with Gasteiger partial charge in [-0.3, -0.25) is 29.3 Å². The number of carbonyl (C=O) groups excluding carboxylic acids is 5. The minimum absolute atomic E-state index is 0.148. The molecule has 1 saturated heterocycles. The fraction of sp³-hybridized carbons (Fsp3) is 0.350. The lowest BCUT2D eigenvalue weighted by Gasteiger charge is -2.29. The van der Waals surface area contributed by atoms with Gasteiger partial charge in [-0.25, -0.2) is 0 Å². The van der Waals surface area contributed by atoms with Gasteiger partial charge in [-0.2, -0.15) is 0 Å². The Bertz CT molecular complexity index is 931. The van der Waals surface area contributed by atoms with Crippen LogP contribution in [-0.2, 0) is 25.7 Å². The van der Waals surface area contributed by atoms with Crippen molar-refractivity contribution in [3.05, 3.63) is 41.1 Å². The van der Waals surface area contributed by atoms with Gasteiger partial charge < -0.3 is 10.2 Å². The number of fused-ring (bicyclic) bond motifs is 1. The number of amides is 3. The summed E-state index contributed by atoms with van der Waals surface area (Å²) in [5.41, 5.74) is 1.92. The third-order valence-corrected chi connectivity index (χ3v) is 5.36. The molecule has 144 valence electrons. The molecule has 0 radical (unpaired) electrons. The summed E-state index contributed by atoms with van der Waals surface area (Å²) in [5, 5.41) is 5.27. The number of imide groups is 1.